The fourth-order valence-electron chi connectivity index (χ4n) is 4.52. The van der Waals surface area contributed by atoms with E-state index in [2.05, 4.69) is 10.3 Å². The molecule has 0 aliphatic heterocycles. The minimum absolute atomic E-state index is 0.226. The second-order valence-electron chi connectivity index (χ2n) is 8.54. The summed E-state index contributed by atoms with van der Waals surface area (Å²) >= 11 is 1.63. The van der Waals surface area contributed by atoms with Gasteiger partial charge in [-0.05, 0) is 56.7 Å². The molecule has 5 aromatic rings. The number of ether oxygens (including phenoxy) is 2. The van der Waals surface area contributed by atoms with Gasteiger partial charge in [0, 0.05) is 39.4 Å². The number of aromatic nitrogens is 1. The van der Waals surface area contributed by atoms with Gasteiger partial charge in [-0.3, -0.25) is 4.79 Å². The Morgan fingerprint density at radius 1 is 1.06 bits per heavy atom. The number of nitrogens with one attached hydrogen (secondary N) is 1. The molecule has 0 spiro atoms. The molecular weight excluding hydrogens is 472 g/mol. The number of hydrogen-bond donors (Lipinski definition) is 1. The van der Waals surface area contributed by atoms with Crippen molar-refractivity contribution in [2.24, 2.45) is 0 Å². The highest BCUT2D eigenvalue weighted by Crippen LogP contribution is 2.42. The van der Waals surface area contributed by atoms with Crippen molar-refractivity contribution >= 4 is 49.7 Å². The summed E-state index contributed by atoms with van der Waals surface area (Å²) < 4.78 is 18.4. The number of anilines is 1. The normalized spacial score (nSPS) is 11.8. The average Bonchev–Trinajstić information content (AvgIpc) is 3.46. The van der Waals surface area contributed by atoms with Gasteiger partial charge in [-0.2, -0.15) is 0 Å². The van der Waals surface area contributed by atoms with Gasteiger partial charge in [0.1, 0.15) is 17.1 Å². The third-order valence-corrected chi connectivity index (χ3v) is 7.13. The van der Waals surface area contributed by atoms with Gasteiger partial charge in [0.05, 0.1) is 35.7 Å². The number of carbonyl (C=O) groups is 1. The molecule has 7 heteroatoms. The van der Waals surface area contributed by atoms with Gasteiger partial charge < -0.3 is 19.2 Å². The topological polar surface area (TPSA) is 73.6 Å². The molecule has 0 unspecified atom stereocenters. The second kappa shape index (κ2) is 9.51. The minimum atomic E-state index is -0.226. The highest BCUT2D eigenvalue weighted by molar-refractivity contribution is 7.18. The molecule has 0 saturated heterocycles. The van der Waals surface area contributed by atoms with Crippen LogP contribution in [-0.2, 0) is 4.79 Å². The lowest BCUT2D eigenvalue weighted by Gasteiger charge is -2.14. The van der Waals surface area contributed by atoms with Gasteiger partial charge in [-0.15, -0.1) is 11.3 Å². The van der Waals surface area contributed by atoms with Crippen LogP contribution in [0.3, 0.4) is 0 Å². The van der Waals surface area contributed by atoms with E-state index >= 15 is 0 Å². The van der Waals surface area contributed by atoms with E-state index in [-0.39, 0.29) is 5.91 Å². The average molecular weight is 499 g/mol. The van der Waals surface area contributed by atoms with Crippen LogP contribution in [0.1, 0.15) is 23.1 Å². The first kappa shape index (κ1) is 23.6. The van der Waals surface area contributed by atoms with Crippen molar-refractivity contribution in [2.45, 2.75) is 20.8 Å². The first-order valence-electron chi connectivity index (χ1n) is 11.5. The van der Waals surface area contributed by atoms with E-state index in [0.29, 0.717) is 11.4 Å². The van der Waals surface area contributed by atoms with Crippen molar-refractivity contribution in [1.82, 2.24) is 4.98 Å². The van der Waals surface area contributed by atoms with Crippen molar-refractivity contribution < 1.29 is 18.7 Å². The van der Waals surface area contributed by atoms with Crippen molar-refractivity contribution in [1.29, 1.82) is 0 Å². The smallest absolute Gasteiger partial charge is 0.248 e. The zero-order valence-corrected chi connectivity index (χ0v) is 21.6. The number of furan rings is 1. The minimum Gasteiger partial charge on any atom is -0.496 e. The first-order valence-corrected chi connectivity index (χ1v) is 12.3. The van der Waals surface area contributed by atoms with Crippen LogP contribution in [0.4, 0.5) is 5.69 Å². The molecule has 2 aromatic heterocycles. The third kappa shape index (κ3) is 4.22. The molecule has 2 heterocycles. The molecule has 36 heavy (non-hydrogen) atoms. The molecule has 0 atom stereocenters. The lowest BCUT2D eigenvalue weighted by molar-refractivity contribution is -0.111. The highest BCUT2D eigenvalue weighted by Gasteiger charge is 2.20. The SMILES string of the molecule is COc1ccccc1-c1coc2c(C)c(OC)c(/C(C)=C/C(=O)Nc3ccc4sc(C)nc4c3)cc12. The Labute approximate surface area is 213 Å². The molecule has 0 saturated carbocycles. The van der Waals surface area contributed by atoms with Crippen LogP contribution in [-0.4, -0.2) is 25.1 Å². The van der Waals surface area contributed by atoms with Crippen LogP contribution in [0, 0.1) is 13.8 Å². The molecule has 5 rings (SSSR count). The maximum Gasteiger partial charge on any atom is 0.248 e. The van der Waals surface area contributed by atoms with Crippen LogP contribution < -0.4 is 14.8 Å². The number of fused-ring (bicyclic) bond motifs is 2. The van der Waals surface area contributed by atoms with Gasteiger partial charge in [0.25, 0.3) is 0 Å². The molecule has 0 aliphatic carbocycles. The number of benzene rings is 3. The van der Waals surface area contributed by atoms with Crippen molar-refractivity contribution in [3.8, 4) is 22.6 Å². The molecule has 0 aliphatic rings. The molecule has 1 amide bonds. The monoisotopic (exact) mass is 498 g/mol. The maximum absolute atomic E-state index is 12.9. The largest absolute Gasteiger partial charge is 0.496 e. The molecule has 3 aromatic carbocycles. The van der Waals surface area contributed by atoms with Crippen LogP contribution >= 0.6 is 11.3 Å². The first-order chi connectivity index (χ1) is 17.4. The number of nitrogens with zero attached hydrogens (tertiary/aromatic N) is 1. The Balaban J connectivity index is 1.53. The van der Waals surface area contributed by atoms with E-state index in [0.717, 1.165) is 59.8 Å². The zero-order valence-electron chi connectivity index (χ0n) is 20.8. The van der Waals surface area contributed by atoms with Gasteiger partial charge in [0.2, 0.25) is 5.91 Å². The summed E-state index contributed by atoms with van der Waals surface area (Å²) in [5, 5.41) is 4.87. The Kier molecular flexibility index (Phi) is 6.24. The fourth-order valence-corrected chi connectivity index (χ4v) is 5.33. The Morgan fingerprint density at radius 3 is 2.64 bits per heavy atom. The van der Waals surface area contributed by atoms with Gasteiger partial charge in [0.15, 0.2) is 0 Å². The quantitative estimate of drug-likeness (QED) is 0.247. The lowest BCUT2D eigenvalue weighted by atomic mass is 9.96. The van der Waals surface area contributed by atoms with E-state index in [1.807, 2.05) is 69.3 Å². The van der Waals surface area contributed by atoms with Crippen LogP contribution in [0.2, 0.25) is 0 Å². The summed E-state index contributed by atoms with van der Waals surface area (Å²) in [5.74, 6) is 1.20. The number of hydrogen-bond acceptors (Lipinski definition) is 6. The highest BCUT2D eigenvalue weighted by atomic mass is 32.1. The second-order valence-corrected chi connectivity index (χ2v) is 9.78. The van der Waals surface area contributed by atoms with E-state index < -0.39 is 0 Å². The van der Waals surface area contributed by atoms with Crippen LogP contribution in [0.15, 0.2) is 65.3 Å². The standard InChI is InChI=1S/C29H26N2O4S/c1-16(12-27(32)31-19-10-11-26-24(13-19)30-18(3)36-26)21-14-22-23(20-8-6-7-9-25(20)33-4)15-35-29(22)17(2)28(21)34-5/h6-15H,1-5H3,(H,31,32)/b16-12+. The lowest BCUT2D eigenvalue weighted by Crippen LogP contribution is -2.08. The number of para-hydroxylation sites is 1. The predicted octanol–water partition coefficient (Wildman–Crippen LogP) is 7.39. The fraction of sp³-hybridized carbons (Fsp3) is 0.172. The summed E-state index contributed by atoms with van der Waals surface area (Å²) in [6, 6.07) is 15.6. The van der Waals surface area contributed by atoms with Crippen molar-refractivity contribution in [3.63, 3.8) is 0 Å². The number of methoxy groups -OCH3 is 2. The molecular formula is C29H26N2O4S. The molecule has 0 fully saturated rings. The third-order valence-electron chi connectivity index (χ3n) is 6.18. The van der Waals surface area contributed by atoms with E-state index in [1.165, 1.54) is 0 Å². The summed E-state index contributed by atoms with van der Waals surface area (Å²) in [5.41, 5.74) is 6.62. The number of allylic oxidation sites excluding steroid dienone is 1. The van der Waals surface area contributed by atoms with Gasteiger partial charge >= 0.3 is 0 Å². The molecule has 182 valence electrons. The maximum atomic E-state index is 12.9. The zero-order chi connectivity index (χ0) is 25.4. The Bertz CT molecular complexity index is 1640. The Morgan fingerprint density at radius 2 is 1.86 bits per heavy atom. The summed E-state index contributed by atoms with van der Waals surface area (Å²) in [7, 11) is 3.28. The molecule has 1 N–H and O–H groups in total. The van der Waals surface area contributed by atoms with E-state index in [1.54, 1.807) is 37.9 Å². The molecule has 6 nitrogen and oxygen atoms in total. The van der Waals surface area contributed by atoms with Crippen molar-refractivity contribution in [2.75, 3.05) is 19.5 Å². The van der Waals surface area contributed by atoms with Crippen molar-refractivity contribution in [3.05, 3.63) is 77.0 Å². The summed E-state index contributed by atoms with van der Waals surface area (Å²) in [6.07, 6.45) is 3.32. The number of rotatable bonds is 6. The Hall–Kier alpha value is -4.10. The summed E-state index contributed by atoms with van der Waals surface area (Å²) in [6.45, 7) is 5.83. The predicted molar refractivity (Wildman–Crippen MR) is 146 cm³/mol. The number of carbonyl (C=O) groups excluding carboxylic acids is 1. The van der Waals surface area contributed by atoms with Crippen LogP contribution in [0.25, 0.3) is 37.9 Å². The molecule has 0 bridgehead atoms. The van der Waals surface area contributed by atoms with Gasteiger partial charge in [-0.25, -0.2) is 4.98 Å². The number of aryl methyl sites for hydroxylation is 2. The van der Waals surface area contributed by atoms with E-state index in [9.17, 15) is 4.79 Å². The number of thiazole rings is 1. The van der Waals surface area contributed by atoms with Crippen LogP contribution in [0.5, 0.6) is 11.5 Å². The molecule has 0 radical (unpaired) electrons. The van der Waals surface area contributed by atoms with Gasteiger partial charge in [-0.1, -0.05) is 18.2 Å². The van der Waals surface area contributed by atoms with E-state index in [4.69, 9.17) is 13.9 Å². The summed E-state index contributed by atoms with van der Waals surface area (Å²) in [4.78, 5) is 17.4. The number of amides is 1.